The molecule has 322 valence electrons. The lowest BCUT2D eigenvalue weighted by atomic mass is 10.0. The Morgan fingerprint density at radius 3 is 1.29 bits per heavy atom. The van der Waals surface area contributed by atoms with E-state index in [1.54, 1.807) is 0 Å². The normalized spacial score (nSPS) is 11.8. The number of rotatable bonds is 7. The molecule has 0 fully saturated rings. The molecular formula is C63H39N5O. The number of para-hydroxylation sites is 4. The lowest BCUT2D eigenvalue weighted by Gasteiger charge is -2.15. The first-order valence-electron chi connectivity index (χ1n) is 23.3. The molecule has 0 aliphatic heterocycles. The van der Waals surface area contributed by atoms with Crippen LogP contribution in [0, 0.1) is 0 Å². The zero-order valence-corrected chi connectivity index (χ0v) is 37.2. The van der Waals surface area contributed by atoms with E-state index in [1.807, 2.05) is 12.1 Å². The van der Waals surface area contributed by atoms with Crippen LogP contribution in [0.25, 0.3) is 133 Å². The quantitative estimate of drug-likeness (QED) is 0.160. The predicted octanol–water partition coefficient (Wildman–Crippen LogP) is 16.3. The first-order valence-corrected chi connectivity index (χ1v) is 23.3. The second-order valence-electron chi connectivity index (χ2n) is 17.5. The molecule has 0 aliphatic rings. The number of furan rings is 1. The molecule has 0 aliphatic carbocycles. The Morgan fingerprint density at radius 1 is 0.290 bits per heavy atom. The summed E-state index contributed by atoms with van der Waals surface area (Å²) in [5.74, 6) is 1.75. The molecule has 10 aromatic carbocycles. The number of hydrogen-bond acceptors (Lipinski definition) is 4. The lowest BCUT2D eigenvalue weighted by Crippen LogP contribution is -2.03. The molecule has 69 heavy (non-hydrogen) atoms. The number of benzene rings is 10. The third-order valence-corrected chi connectivity index (χ3v) is 13.6. The second-order valence-corrected chi connectivity index (χ2v) is 17.5. The maximum Gasteiger partial charge on any atom is 0.166 e. The Labute approximate surface area is 396 Å². The highest BCUT2D eigenvalue weighted by molar-refractivity contribution is 6.26. The molecule has 0 spiro atoms. The SMILES string of the molecule is c1ccc(-c2cccc(-c3nc(-c4cccc(-c5ccccc5)c4)nc(-c4ccccc4-n4c5ccccc5c5ccc6c7ccc8c9ccccc9n(-c9ccccc9)c8c7oc6c54)n3)c2)cc1. The average Bonchev–Trinajstić information content (AvgIpc) is 4.10. The lowest BCUT2D eigenvalue weighted by molar-refractivity contribution is 0.673. The van der Waals surface area contributed by atoms with Gasteiger partial charge in [-0.15, -0.1) is 0 Å². The van der Waals surface area contributed by atoms with Gasteiger partial charge in [0.15, 0.2) is 28.6 Å². The van der Waals surface area contributed by atoms with Crippen LogP contribution in [0.2, 0.25) is 0 Å². The number of nitrogens with zero attached hydrogens (tertiary/aromatic N) is 5. The highest BCUT2D eigenvalue weighted by Crippen LogP contribution is 2.45. The van der Waals surface area contributed by atoms with Gasteiger partial charge in [-0.3, -0.25) is 0 Å². The fourth-order valence-corrected chi connectivity index (χ4v) is 10.4. The average molecular weight is 882 g/mol. The third-order valence-electron chi connectivity index (χ3n) is 13.6. The van der Waals surface area contributed by atoms with Crippen LogP contribution in [-0.2, 0) is 0 Å². The number of fused-ring (bicyclic) bond motifs is 11. The topological polar surface area (TPSA) is 61.7 Å². The van der Waals surface area contributed by atoms with Crippen LogP contribution < -0.4 is 0 Å². The maximum atomic E-state index is 7.37. The zero-order chi connectivity index (χ0) is 45.4. The molecule has 6 heteroatoms. The van der Waals surface area contributed by atoms with Gasteiger partial charge < -0.3 is 13.6 Å². The Balaban J connectivity index is 1.03. The van der Waals surface area contributed by atoms with Gasteiger partial charge in [0.25, 0.3) is 0 Å². The summed E-state index contributed by atoms with van der Waals surface area (Å²) in [6.45, 7) is 0. The Bertz CT molecular complexity index is 4200. The van der Waals surface area contributed by atoms with E-state index in [-0.39, 0.29) is 0 Å². The standard InChI is InChI=1S/C63H39N5O/c1-4-18-40(19-5-1)42-22-16-24-44(38-42)61-64-62(45-25-17-23-43(39-45)41-20-6-2-7-21-41)66-63(65-61)53-30-12-15-33-56(53)68-55-32-14-11-29-48(55)50-35-37-52-51-36-34-49-47-28-10-13-31-54(47)67(46-26-8-3-9-27-46)57(49)59(51)69-60(52)58(50)68/h1-39H. The molecule has 6 nitrogen and oxygen atoms in total. The smallest absolute Gasteiger partial charge is 0.166 e. The minimum absolute atomic E-state index is 0.567. The monoisotopic (exact) mass is 881 g/mol. The van der Waals surface area contributed by atoms with Crippen molar-refractivity contribution in [2.45, 2.75) is 0 Å². The molecule has 0 radical (unpaired) electrons. The summed E-state index contributed by atoms with van der Waals surface area (Å²) in [6.07, 6.45) is 0. The van der Waals surface area contributed by atoms with Gasteiger partial charge in [0.1, 0.15) is 0 Å². The summed E-state index contributed by atoms with van der Waals surface area (Å²) in [7, 11) is 0. The summed E-state index contributed by atoms with van der Waals surface area (Å²) in [4.78, 5) is 16.0. The highest BCUT2D eigenvalue weighted by atomic mass is 16.3. The first-order chi connectivity index (χ1) is 34.2. The second kappa shape index (κ2) is 15.6. The third kappa shape index (κ3) is 6.23. The maximum absolute atomic E-state index is 7.37. The van der Waals surface area contributed by atoms with Gasteiger partial charge in [-0.05, 0) is 82.9 Å². The van der Waals surface area contributed by atoms with Gasteiger partial charge in [-0.1, -0.05) is 176 Å². The minimum atomic E-state index is 0.567. The van der Waals surface area contributed by atoms with E-state index in [2.05, 4.69) is 234 Å². The van der Waals surface area contributed by atoms with Crippen molar-refractivity contribution in [1.29, 1.82) is 0 Å². The minimum Gasteiger partial charge on any atom is -0.452 e. The van der Waals surface area contributed by atoms with E-state index >= 15 is 0 Å². The van der Waals surface area contributed by atoms with E-state index in [0.717, 1.165) is 110 Å². The van der Waals surface area contributed by atoms with Gasteiger partial charge in [0.2, 0.25) is 0 Å². The molecule has 0 N–H and O–H groups in total. The van der Waals surface area contributed by atoms with Gasteiger partial charge in [0.05, 0.1) is 27.8 Å². The van der Waals surface area contributed by atoms with E-state index in [4.69, 9.17) is 19.4 Å². The van der Waals surface area contributed by atoms with E-state index < -0.39 is 0 Å². The van der Waals surface area contributed by atoms with Crippen molar-refractivity contribution in [2.24, 2.45) is 0 Å². The van der Waals surface area contributed by atoms with E-state index in [9.17, 15) is 0 Å². The highest BCUT2D eigenvalue weighted by Gasteiger charge is 2.25. The van der Waals surface area contributed by atoms with Crippen LogP contribution in [0.1, 0.15) is 0 Å². The van der Waals surface area contributed by atoms with Crippen LogP contribution in [0.3, 0.4) is 0 Å². The molecule has 14 aromatic rings. The Hall–Kier alpha value is -9.39. The molecule has 0 atom stereocenters. The van der Waals surface area contributed by atoms with Crippen LogP contribution in [0.4, 0.5) is 0 Å². The van der Waals surface area contributed by atoms with Gasteiger partial charge in [-0.2, -0.15) is 0 Å². The summed E-state index contributed by atoms with van der Waals surface area (Å²) in [5, 5.41) is 6.66. The van der Waals surface area contributed by atoms with Gasteiger partial charge >= 0.3 is 0 Å². The first kappa shape index (κ1) is 38.8. The number of hydrogen-bond donors (Lipinski definition) is 0. The van der Waals surface area contributed by atoms with Crippen molar-refractivity contribution >= 4 is 65.6 Å². The van der Waals surface area contributed by atoms with E-state index in [0.29, 0.717) is 17.5 Å². The molecule has 0 bridgehead atoms. The molecule has 0 amide bonds. The van der Waals surface area contributed by atoms with Crippen molar-refractivity contribution in [1.82, 2.24) is 24.1 Å². The largest absolute Gasteiger partial charge is 0.452 e. The van der Waals surface area contributed by atoms with Crippen molar-refractivity contribution < 1.29 is 4.42 Å². The zero-order valence-electron chi connectivity index (χ0n) is 37.2. The summed E-state index contributed by atoms with van der Waals surface area (Å²) >= 11 is 0. The molecule has 4 aromatic heterocycles. The van der Waals surface area contributed by atoms with Crippen molar-refractivity contribution in [3.8, 4) is 67.8 Å². The summed E-state index contributed by atoms with van der Waals surface area (Å²) < 4.78 is 12.1. The van der Waals surface area contributed by atoms with Crippen LogP contribution >= 0.6 is 0 Å². The fourth-order valence-electron chi connectivity index (χ4n) is 10.4. The molecule has 0 unspecified atom stereocenters. The van der Waals surface area contributed by atoms with Crippen molar-refractivity contribution in [3.05, 3.63) is 237 Å². The molecule has 0 saturated carbocycles. The van der Waals surface area contributed by atoms with Crippen LogP contribution in [-0.4, -0.2) is 24.1 Å². The van der Waals surface area contributed by atoms with Gasteiger partial charge in [0, 0.05) is 54.7 Å². The van der Waals surface area contributed by atoms with Crippen molar-refractivity contribution in [3.63, 3.8) is 0 Å². The molecule has 14 rings (SSSR count). The van der Waals surface area contributed by atoms with Crippen LogP contribution in [0.5, 0.6) is 0 Å². The fraction of sp³-hybridized carbons (Fsp3) is 0. The Kier molecular flexibility index (Phi) is 8.79. The summed E-state index contributed by atoms with van der Waals surface area (Å²) in [6, 6.07) is 83.0. The van der Waals surface area contributed by atoms with Crippen molar-refractivity contribution in [2.75, 3.05) is 0 Å². The molecule has 4 heterocycles. The van der Waals surface area contributed by atoms with Gasteiger partial charge in [-0.25, -0.2) is 15.0 Å². The number of aromatic nitrogens is 5. The predicted molar refractivity (Wildman–Crippen MR) is 283 cm³/mol. The Morgan fingerprint density at radius 2 is 0.710 bits per heavy atom. The molecule has 0 saturated heterocycles. The van der Waals surface area contributed by atoms with E-state index in [1.165, 1.54) is 5.39 Å². The van der Waals surface area contributed by atoms with Crippen LogP contribution in [0.15, 0.2) is 241 Å². The summed E-state index contributed by atoms with van der Waals surface area (Å²) in [5.41, 5.74) is 15.0. The molecular weight excluding hydrogens is 843 g/mol.